The molecule has 3 heterocycles. The maximum atomic E-state index is 11.8. The third-order valence-electron chi connectivity index (χ3n) is 4.54. The molecule has 1 aromatic rings. The van der Waals surface area contributed by atoms with E-state index < -0.39 is 0 Å². The highest BCUT2D eigenvalue weighted by Gasteiger charge is 2.38. The lowest BCUT2D eigenvalue weighted by molar-refractivity contribution is -0.128. The molecular formula is C16H26N4O3. The second-order valence-electron chi connectivity index (χ2n) is 7.04. The van der Waals surface area contributed by atoms with Crippen molar-refractivity contribution in [1.82, 2.24) is 20.4 Å². The molecule has 23 heavy (non-hydrogen) atoms. The van der Waals surface area contributed by atoms with E-state index in [1.54, 1.807) is 0 Å². The number of likely N-dealkylation sites (tertiary alicyclic amines) is 1. The van der Waals surface area contributed by atoms with Gasteiger partial charge in [-0.15, -0.1) is 0 Å². The van der Waals surface area contributed by atoms with Gasteiger partial charge in [0.15, 0.2) is 5.82 Å². The monoisotopic (exact) mass is 322 g/mol. The molecule has 0 aliphatic carbocycles. The smallest absolute Gasteiger partial charge is 0.226 e. The van der Waals surface area contributed by atoms with Gasteiger partial charge in [0.05, 0.1) is 25.2 Å². The zero-order valence-corrected chi connectivity index (χ0v) is 14.0. The number of piperidine rings is 1. The van der Waals surface area contributed by atoms with Crippen LogP contribution in [0.1, 0.15) is 44.8 Å². The van der Waals surface area contributed by atoms with E-state index in [0.717, 1.165) is 38.2 Å². The SMILES string of the molecule is CC(C)Cc1nc(CN2CCC3(CC2)CC(=O)NCCO3)no1. The van der Waals surface area contributed by atoms with Gasteiger partial charge in [-0.05, 0) is 18.8 Å². The highest BCUT2D eigenvalue weighted by Crippen LogP contribution is 2.31. The molecule has 2 saturated heterocycles. The second-order valence-corrected chi connectivity index (χ2v) is 7.04. The zero-order chi connectivity index (χ0) is 16.3. The molecule has 0 aromatic carbocycles. The number of nitrogens with one attached hydrogen (secondary N) is 1. The molecule has 3 rings (SSSR count). The highest BCUT2D eigenvalue weighted by atomic mass is 16.5. The summed E-state index contributed by atoms with van der Waals surface area (Å²) in [6.45, 7) is 7.97. The Kier molecular flexibility index (Phi) is 4.96. The van der Waals surface area contributed by atoms with Crippen LogP contribution in [0, 0.1) is 5.92 Å². The summed E-state index contributed by atoms with van der Waals surface area (Å²) in [5.41, 5.74) is -0.281. The minimum Gasteiger partial charge on any atom is -0.373 e. The summed E-state index contributed by atoms with van der Waals surface area (Å²) in [5.74, 6) is 2.08. The Hall–Kier alpha value is -1.47. The first-order valence-corrected chi connectivity index (χ1v) is 8.49. The van der Waals surface area contributed by atoms with Crippen LogP contribution >= 0.6 is 0 Å². The fourth-order valence-electron chi connectivity index (χ4n) is 3.29. The van der Waals surface area contributed by atoms with E-state index in [4.69, 9.17) is 9.26 Å². The average molecular weight is 322 g/mol. The molecule has 7 heteroatoms. The molecule has 2 aliphatic heterocycles. The first kappa shape index (κ1) is 16.4. The molecule has 7 nitrogen and oxygen atoms in total. The van der Waals surface area contributed by atoms with Crippen LogP contribution in [0.15, 0.2) is 4.52 Å². The lowest BCUT2D eigenvalue weighted by atomic mass is 9.87. The van der Waals surface area contributed by atoms with E-state index in [0.29, 0.717) is 37.9 Å². The standard InChI is InChI=1S/C16H26N4O3/c1-12(2)9-15-18-13(19-23-15)11-20-6-3-16(4-7-20)10-14(21)17-5-8-22-16/h12H,3-11H2,1-2H3,(H,17,21). The first-order chi connectivity index (χ1) is 11.0. The van der Waals surface area contributed by atoms with Crippen molar-refractivity contribution in [2.75, 3.05) is 26.2 Å². The summed E-state index contributed by atoms with van der Waals surface area (Å²) < 4.78 is 11.3. The summed E-state index contributed by atoms with van der Waals surface area (Å²) in [6, 6.07) is 0. The molecule has 1 amide bonds. The quantitative estimate of drug-likeness (QED) is 0.895. The van der Waals surface area contributed by atoms with Crippen molar-refractivity contribution in [2.24, 2.45) is 5.92 Å². The second kappa shape index (κ2) is 6.97. The van der Waals surface area contributed by atoms with E-state index in [1.165, 1.54) is 0 Å². The Balaban J connectivity index is 1.52. The predicted molar refractivity (Wildman–Crippen MR) is 83.7 cm³/mol. The van der Waals surface area contributed by atoms with Crippen LogP contribution in [-0.4, -0.2) is 52.8 Å². The van der Waals surface area contributed by atoms with Crippen molar-refractivity contribution in [1.29, 1.82) is 0 Å². The van der Waals surface area contributed by atoms with E-state index in [2.05, 4.69) is 34.2 Å². The van der Waals surface area contributed by atoms with Gasteiger partial charge in [0.25, 0.3) is 0 Å². The van der Waals surface area contributed by atoms with Crippen molar-refractivity contribution in [3.8, 4) is 0 Å². The molecule has 0 radical (unpaired) electrons. The number of hydrogen-bond acceptors (Lipinski definition) is 6. The van der Waals surface area contributed by atoms with Crippen molar-refractivity contribution in [3.63, 3.8) is 0 Å². The molecule has 0 unspecified atom stereocenters. The minimum atomic E-state index is -0.281. The molecule has 1 N–H and O–H groups in total. The van der Waals surface area contributed by atoms with Crippen molar-refractivity contribution in [3.05, 3.63) is 11.7 Å². The molecule has 1 spiro atoms. The molecule has 128 valence electrons. The van der Waals surface area contributed by atoms with Crippen molar-refractivity contribution >= 4 is 5.91 Å². The predicted octanol–water partition coefficient (Wildman–Crippen LogP) is 1.14. The average Bonchev–Trinajstić information content (AvgIpc) is 2.84. The molecule has 0 saturated carbocycles. The third kappa shape index (κ3) is 4.29. The van der Waals surface area contributed by atoms with E-state index in [-0.39, 0.29) is 11.5 Å². The van der Waals surface area contributed by atoms with Gasteiger partial charge in [-0.2, -0.15) is 4.98 Å². The summed E-state index contributed by atoms with van der Waals surface area (Å²) in [4.78, 5) is 18.6. The Morgan fingerprint density at radius 3 is 2.87 bits per heavy atom. The fourth-order valence-corrected chi connectivity index (χ4v) is 3.29. The van der Waals surface area contributed by atoms with Gasteiger partial charge < -0.3 is 14.6 Å². The van der Waals surface area contributed by atoms with Crippen LogP contribution in [0.2, 0.25) is 0 Å². The molecule has 2 fully saturated rings. The molecule has 0 atom stereocenters. The van der Waals surface area contributed by atoms with Crippen LogP contribution in [0.4, 0.5) is 0 Å². The summed E-state index contributed by atoms with van der Waals surface area (Å²) in [5, 5.41) is 6.95. The van der Waals surface area contributed by atoms with E-state index in [1.807, 2.05) is 0 Å². The lowest BCUT2D eigenvalue weighted by Gasteiger charge is -2.40. The van der Waals surface area contributed by atoms with Crippen LogP contribution in [0.25, 0.3) is 0 Å². The van der Waals surface area contributed by atoms with Crippen molar-refractivity contribution in [2.45, 2.75) is 51.7 Å². The Morgan fingerprint density at radius 1 is 1.35 bits per heavy atom. The van der Waals surface area contributed by atoms with Gasteiger partial charge in [0, 0.05) is 26.1 Å². The number of hydrogen-bond donors (Lipinski definition) is 1. The van der Waals surface area contributed by atoms with Gasteiger partial charge in [-0.1, -0.05) is 19.0 Å². The van der Waals surface area contributed by atoms with Crippen LogP contribution < -0.4 is 5.32 Å². The van der Waals surface area contributed by atoms with Gasteiger partial charge >= 0.3 is 0 Å². The normalized spacial score (nSPS) is 22.3. The number of carbonyl (C=O) groups is 1. The van der Waals surface area contributed by atoms with Crippen LogP contribution in [0.5, 0.6) is 0 Å². The topological polar surface area (TPSA) is 80.5 Å². The Labute approximate surface area is 136 Å². The van der Waals surface area contributed by atoms with E-state index in [9.17, 15) is 4.79 Å². The molecule has 2 aliphatic rings. The van der Waals surface area contributed by atoms with Gasteiger partial charge in [0.2, 0.25) is 11.8 Å². The van der Waals surface area contributed by atoms with Crippen molar-refractivity contribution < 1.29 is 14.1 Å². The fraction of sp³-hybridized carbons (Fsp3) is 0.812. The van der Waals surface area contributed by atoms with Gasteiger partial charge in [0.1, 0.15) is 0 Å². The third-order valence-corrected chi connectivity index (χ3v) is 4.54. The highest BCUT2D eigenvalue weighted by molar-refractivity contribution is 5.77. The molecular weight excluding hydrogens is 296 g/mol. The largest absolute Gasteiger partial charge is 0.373 e. The maximum absolute atomic E-state index is 11.8. The number of rotatable bonds is 4. The van der Waals surface area contributed by atoms with Gasteiger partial charge in [-0.3, -0.25) is 9.69 Å². The molecule has 1 aromatic heterocycles. The molecule has 0 bridgehead atoms. The first-order valence-electron chi connectivity index (χ1n) is 8.49. The summed E-state index contributed by atoms with van der Waals surface area (Å²) in [6.07, 6.45) is 3.04. The number of aromatic nitrogens is 2. The van der Waals surface area contributed by atoms with Crippen LogP contribution in [-0.2, 0) is 22.5 Å². The van der Waals surface area contributed by atoms with Crippen LogP contribution in [0.3, 0.4) is 0 Å². The minimum absolute atomic E-state index is 0.104. The number of nitrogens with zero attached hydrogens (tertiary/aromatic N) is 3. The maximum Gasteiger partial charge on any atom is 0.226 e. The lowest BCUT2D eigenvalue weighted by Crippen LogP contribution is -2.46. The Morgan fingerprint density at radius 2 is 2.13 bits per heavy atom. The number of carbonyl (C=O) groups excluding carboxylic acids is 1. The van der Waals surface area contributed by atoms with Gasteiger partial charge in [-0.25, -0.2) is 0 Å². The summed E-state index contributed by atoms with van der Waals surface area (Å²) >= 11 is 0. The number of ether oxygens (including phenoxy) is 1. The van der Waals surface area contributed by atoms with E-state index >= 15 is 0 Å². The Bertz CT molecular complexity index is 535. The summed E-state index contributed by atoms with van der Waals surface area (Å²) in [7, 11) is 0. The zero-order valence-electron chi connectivity index (χ0n) is 14.0. The number of amides is 1.